The molecule has 1 aromatic carbocycles. The van der Waals surface area contributed by atoms with Gasteiger partial charge in [-0.05, 0) is 36.2 Å². The van der Waals surface area contributed by atoms with Crippen molar-refractivity contribution < 1.29 is 9.59 Å². The van der Waals surface area contributed by atoms with Gasteiger partial charge >= 0.3 is 0 Å². The van der Waals surface area contributed by atoms with Crippen LogP contribution in [0.5, 0.6) is 0 Å². The zero-order chi connectivity index (χ0) is 18.8. The van der Waals surface area contributed by atoms with Gasteiger partial charge in [-0.15, -0.1) is 0 Å². The molecule has 2 aliphatic heterocycles. The van der Waals surface area contributed by atoms with Crippen LogP contribution in [0, 0.1) is 5.92 Å². The summed E-state index contributed by atoms with van der Waals surface area (Å²) in [5.74, 6) is -0.883. The van der Waals surface area contributed by atoms with E-state index >= 15 is 0 Å². The number of nitrogens with zero attached hydrogens (tertiary/aromatic N) is 3. The van der Waals surface area contributed by atoms with Crippen LogP contribution in [0.15, 0.2) is 48.8 Å². The van der Waals surface area contributed by atoms with Gasteiger partial charge in [-0.3, -0.25) is 14.6 Å². The minimum absolute atomic E-state index is 0.0973. The first kappa shape index (κ1) is 17.9. The smallest absolute Gasteiger partial charge is 0.239 e. The van der Waals surface area contributed by atoms with E-state index in [-0.39, 0.29) is 17.9 Å². The third kappa shape index (κ3) is 3.55. The van der Waals surface area contributed by atoms with E-state index in [1.165, 1.54) is 0 Å². The van der Waals surface area contributed by atoms with Crippen LogP contribution in [-0.4, -0.2) is 47.9 Å². The number of benzene rings is 1. The zero-order valence-electron chi connectivity index (χ0n) is 14.8. The lowest BCUT2D eigenvalue weighted by Gasteiger charge is -2.37. The summed E-state index contributed by atoms with van der Waals surface area (Å²) in [4.78, 5) is 33.9. The second-order valence-corrected chi connectivity index (χ2v) is 7.29. The molecule has 2 fully saturated rings. The van der Waals surface area contributed by atoms with Crippen molar-refractivity contribution in [2.75, 3.05) is 31.1 Å². The Labute approximate surface area is 163 Å². The number of carbonyl (C=O) groups excluding carboxylic acids is 2. The molecule has 27 heavy (non-hydrogen) atoms. The molecular weight excluding hydrogens is 364 g/mol. The summed E-state index contributed by atoms with van der Waals surface area (Å²) in [5, 5.41) is 3.91. The molecule has 0 saturated carbocycles. The summed E-state index contributed by atoms with van der Waals surface area (Å²) in [6.45, 7) is 2.50. The summed E-state index contributed by atoms with van der Waals surface area (Å²) >= 11 is 6.05. The molecule has 3 heterocycles. The normalized spacial score (nSPS) is 22.9. The number of hydrogen-bond acceptors (Lipinski definition) is 4. The number of piperazine rings is 1. The van der Waals surface area contributed by atoms with Gasteiger partial charge in [0, 0.05) is 49.3 Å². The first-order chi connectivity index (χ1) is 13.1. The van der Waals surface area contributed by atoms with Crippen molar-refractivity contribution in [3.05, 3.63) is 59.4 Å². The van der Waals surface area contributed by atoms with Gasteiger partial charge in [0.2, 0.25) is 11.8 Å². The fourth-order valence-electron chi connectivity index (χ4n) is 3.85. The maximum atomic E-state index is 13.2. The SMILES string of the molecule is O=C1C(C(=O)N2CCNCC2c2cccnc2)CCN1c1cccc(Cl)c1. The van der Waals surface area contributed by atoms with Gasteiger partial charge in [-0.2, -0.15) is 0 Å². The Kier molecular flexibility index (Phi) is 5.09. The first-order valence-corrected chi connectivity index (χ1v) is 9.51. The van der Waals surface area contributed by atoms with Gasteiger partial charge < -0.3 is 15.1 Å². The van der Waals surface area contributed by atoms with Crippen LogP contribution in [0.1, 0.15) is 18.0 Å². The van der Waals surface area contributed by atoms with E-state index < -0.39 is 5.92 Å². The van der Waals surface area contributed by atoms with Crippen molar-refractivity contribution in [2.24, 2.45) is 5.92 Å². The first-order valence-electron chi connectivity index (χ1n) is 9.13. The topological polar surface area (TPSA) is 65.5 Å². The van der Waals surface area contributed by atoms with E-state index in [9.17, 15) is 9.59 Å². The summed E-state index contributed by atoms with van der Waals surface area (Å²) in [6.07, 6.45) is 4.02. The highest BCUT2D eigenvalue weighted by atomic mass is 35.5. The fourth-order valence-corrected chi connectivity index (χ4v) is 4.03. The van der Waals surface area contributed by atoms with Crippen LogP contribution in [0.2, 0.25) is 5.02 Å². The third-order valence-corrected chi connectivity index (χ3v) is 5.45. The fraction of sp³-hybridized carbons (Fsp3) is 0.350. The number of hydrogen-bond donors (Lipinski definition) is 1. The van der Waals surface area contributed by atoms with Gasteiger partial charge in [0.1, 0.15) is 5.92 Å². The summed E-state index contributed by atoms with van der Waals surface area (Å²) in [6, 6.07) is 10.9. The molecule has 1 N–H and O–H groups in total. The van der Waals surface area contributed by atoms with Gasteiger partial charge in [-0.1, -0.05) is 23.7 Å². The highest BCUT2D eigenvalue weighted by molar-refractivity contribution is 6.31. The number of carbonyl (C=O) groups is 2. The quantitative estimate of drug-likeness (QED) is 0.824. The number of amides is 2. The maximum Gasteiger partial charge on any atom is 0.239 e. The Balaban J connectivity index is 1.54. The van der Waals surface area contributed by atoms with Crippen LogP contribution >= 0.6 is 11.6 Å². The summed E-state index contributed by atoms with van der Waals surface area (Å²) < 4.78 is 0. The molecule has 2 unspecified atom stereocenters. The third-order valence-electron chi connectivity index (χ3n) is 5.22. The molecule has 4 rings (SSSR count). The van der Waals surface area contributed by atoms with E-state index in [2.05, 4.69) is 10.3 Å². The Hall–Kier alpha value is -2.44. The molecule has 1 aromatic heterocycles. The summed E-state index contributed by atoms with van der Waals surface area (Å²) in [7, 11) is 0. The highest BCUT2D eigenvalue weighted by Crippen LogP contribution is 2.31. The molecule has 6 nitrogen and oxygen atoms in total. The molecule has 2 saturated heterocycles. The maximum absolute atomic E-state index is 13.2. The number of rotatable bonds is 3. The van der Waals surface area contributed by atoms with Crippen molar-refractivity contribution >= 4 is 29.1 Å². The molecule has 0 aliphatic carbocycles. The van der Waals surface area contributed by atoms with Gasteiger partial charge in [0.15, 0.2) is 0 Å². The van der Waals surface area contributed by atoms with E-state index in [4.69, 9.17) is 11.6 Å². The Morgan fingerprint density at radius 3 is 2.89 bits per heavy atom. The van der Waals surface area contributed by atoms with Crippen molar-refractivity contribution in [1.29, 1.82) is 0 Å². The Bertz CT molecular complexity index is 845. The monoisotopic (exact) mass is 384 g/mol. The number of anilines is 1. The number of pyridine rings is 1. The lowest BCUT2D eigenvalue weighted by molar-refractivity contribution is -0.142. The zero-order valence-corrected chi connectivity index (χ0v) is 15.6. The number of halogens is 1. The molecule has 2 amide bonds. The Morgan fingerprint density at radius 1 is 1.22 bits per heavy atom. The second kappa shape index (κ2) is 7.66. The van der Waals surface area contributed by atoms with Crippen LogP contribution in [0.3, 0.4) is 0 Å². The molecular formula is C20H21ClN4O2. The van der Waals surface area contributed by atoms with E-state index in [1.54, 1.807) is 29.4 Å². The number of aromatic nitrogens is 1. The minimum Gasteiger partial charge on any atom is -0.332 e. The lowest BCUT2D eigenvalue weighted by Crippen LogP contribution is -2.51. The van der Waals surface area contributed by atoms with E-state index in [1.807, 2.05) is 29.2 Å². The average molecular weight is 385 g/mol. The predicted octanol–water partition coefficient (Wildman–Crippen LogP) is 2.26. The van der Waals surface area contributed by atoms with Crippen molar-refractivity contribution in [3.63, 3.8) is 0 Å². The van der Waals surface area contributed by atoms with Crippen molar-refractivity contribution in [3.8, 4) is 0 Å². The predicted molar refractivity (Wildman–Crippen MR) is 103 cm³/mol. The Morgan fingerprint density at radius 2 is 2.11 bits per heavy atom. The van der Waals surface area contributed by atoms with Crippen LogP contribution in [-0.2, 0) is 9.59 Å². The second-order valence-electron chi connectivity index (χ2n) is 6.85. The van der Waals surface area contributed by atoms with E-state index in [0.717, 1.165) is 17.8 Å². The van der Waals surface area contributed by atoms with Gasteiger partial charge in [0.25, 0.3) is 0 Å². The highest BCUT2D eigenvalue weighted by Gasteiger charge is 2.42. The van der Waals surface area contributed by atoms with Crippen LogP contribution in [0.25, 0.3) is 0 Å². The minimum atomic E-state index is -0.638. The van der Waals surface area contributed by atoms with Crippen LogP contribution in [0.4, 0.5) is 5.69 Å². The molecule has 7 heteroatoms. The molecule has 0 bridgehead atoms. The lowest BCUT2D eigenvalue weighted by atomic mass is 10.0. The molecule has 2 aliphatic rings. The molecule has 0 spiro atoms. The molecule has 2 aromatic rings. The standard InChI is InChI=1S/C20H21ClN4O2/c21-15-4-1-5-16(11-15)24-9-6-17(19(24)26)20(27)25-10-8-23-13-18(25)14-3-2-7-22-12-14/h1-5,7,11-12,17-18,23H,6,8-10,13H2. The van der Waals surface area contributed by atoms with Crippen LogP contribution < -0.4 is 10.2 Å². The van der Waals surface area contributed by atoms with Crippen molar-refractivity contribution in [1.82, 2.24) is 15.2 Å². The van der Waals surface area contributed by atoms with E-state index in [0.29, 0.717) is 31.1 Å². The molecule has 2 atom stereocenters. The number of nitrogens with one attached hydrogen (secondary N) is 1. The molecule has 0 radical (unpaired) electrons. The largest absolute Gasteiger partial charge is 0.332 e. The van der Waals surface area contributed by atoms with Gasteiger partial charge in [0.05, 0.1) is 6.04 Å². The van der Waals surface area contributed by atoms with Crippen molar-refractivity contribution in [2.45, 2.75) is 12.5 Å². The van der Waals surface area contributed by atoms with Gasteiger partial charge in [-0.25, -0.2) is 0 Å². The molecule has 140 valence electrons. The summed E-state index contributed by atoms with van der Waals surface area (Å²) in [5.41, 5.74) is 1.72. The average Bonchev–Trinajstić information content (AvgIpc) is 3.09.